The van der Waals surface area contributed by atoms with Gasteiger partial charge in [-0.05, 0) is 59.9 Å². The molecule has 0 saturated heterocycles. The van der Waals surface area contributed by atoms with Crippen LogP contribution >= 0.6 is 22.9 Å². The van der Waals surface area contributed by atoms with Crippen molar-refractivity contribution in [2.75, 3.05) is 12.4 Å². The monoisotopic (exact) mass is 431 g/mol. The smallest absolute Gasteiger partial charge is 0.341 e. The predicted molar refractivity (Wildman–Crippen MR) is 120 cm³/mol. The number of fused-ring (bicyclic) bond motifs is 1. The third-order valence-corrected chi connectivity index (χ3v) is 6.84. The minimum Gasteiger partial charge on any atom is -0.465 e. The minimum absolute atomic E-state index is 0.206. The number of esters is 1. The molecule has 0 bridgehead atoms. The van der Waals surface area contributed by atoms with Crippen molar-refractivity contribution in [3.63, 3.8) is 0 Å². The maximum absolute atomic E-state index is 12.5. The number of rotatable bonds is 4. The molecule has 29 heavy (non-hydrogen) atoms. The van der Waals surface area contributed by atoms with Gasteiger partial charge in [-0.2, -0.15) is 0 Å². The Hall–Kier alpha value is -2.11. The summed E-state index contributed by atoms with van der Waals surface area (Å²) >= 11 is 7.38. The lowest BCUT2D eigenvalue weighted by Gasteiger charge is -2.33. The second kappa shape index (κ2) is 8.72. The van der Waals surface area contributed by atoms with Crippen molar-refractivity contribution in [1.29, 1.82) is 0 Å². The lowest BCUT2D eigenvalue weighted by atomic mass is 9.72. The van der Waals surface area contributed by atoms with Gasteiger partial charge in [0.1, 0.15) is 5.00 Å². The summed E-state index contributed by atoms with van der Waals surface area (Å²) in [5.41, 5.74) is 2.61. The van der Waals surface area contributed by atoms with Crippen LogP contribution in [0.5, 0.6) is 0 Å². The van der Waals surface area contributed by atoms with Crippen molar-refractivity contribution in [2.45, 2.75) is 40.0 Å². The number of methoxy groups -OCH3 is 1. The van der Waals surface area contributed by atoms with Gasteiger partial charge in [-0.3, -0.25) is 4.79 Å². The number of nitrogens with one attached hydrogen (secondary N) is 1. The molecule has 2 aromatic rings. The number of thiophene rings is 1. The van der Waals surface area contributed by atoms with Crippen LogP contribution in [0.3, 0.4) is 0 Å². The Morgan fingerprint density at radius 2 is 1.93 bits per heavy atom. The van der Waals surface area contributed by atoms with Crippen molar-refractivity contribution in [3.8, 4) is 0 Å². The van der Waals surface area contributed by atoms with E-state index in [9.17, 15) is 9.59 Å². The molecule has 154 valence electrons. The van der Waals surface area contributed by atoms with E-state index in [0.717, 1.165) is 30.4 Å². The summed E-state index contributed by atoms with van der Waals surface area (Å²) in [4.78, 5) is 26.1. The molecule has 0 radical (unpaired) electrons. The summed E-state index contributed by atoms with van der Waals surface area (Å²) in [6.45, 7) is 6.76. The van der Waals surface area contributed by atoms with Crippen LogP contribution in [0.4, 0.5) is 5.00 Å². The first-order valence-electron chi connectivity index (χ1n) is 9.66. The van der Waals surface area contributed by atoms with Crippen LogP contribution in [-0.4, -0.2) is 19.0 Å². The highest BCUT2D eigenvalue weighted by Gasteiger charge is 2.34. The largest absolute Gasteiger partial charge is 0.465 e. The molecule has 0 spiro atoms. The molecule has 0 unspecified atom stereocenters. The molecule has 0 aliphatic heterocycles. The van der Waals surface area contributed by atoms with Crippen molar-refractivity contribution in [2.24, 2.45) is 11.3 Å². The van der Waals surface area contributed by atoms with Crippen LogP contribution in [-0.2, 0) is 22.4 Å². The van der Waals surface area contributed by atoms with Gasteiger partial charge in [-0.15, -0.1) is 11.3 Å². The Morgan fingerprint density at radius 3 is 2.55 bits per heavy atom. The van der Waals surface area contributed by atoms with E-state index in [2.05, 4.69) is 26.1 Å². The van der Waals surface area contributed by atoms with Crippen LogP contribution in [0.2, 0.25) is 5.02 Å². The number of anilines is 1. The van der Waals surface area contributed by atoms with E-state index < -0.39 is 5.97 Å². The molecule has 1 aliphatic carbocycles. The quantitative estimate of drug-likeness (QED) is 0.477. The van der Waals surface area contributed by atoms with E-state index in [0.29, 0.717) is 21.5 Å². The van der Waals surface area contributed by atoms with Gasteiger partial charge in [0.2, 0.25) is 5.91 Å². The van der Waals surface area contributed by atoms with Gasteiger partial charge in [-0.1, -0.05) is 44.5 Å². The molecule has 1 heterocycles. The molecule has 4 nitrogen and oxygen atoms in total. The summed E-state index contributed by atoms with van der Waals surface area (Å²) in [6, 6.07) is 7.21. The fourth-order valence-corrected chi connectivity index (χ4v) is 5.07. The Labute approximate surface area is 180 Å². The molecular formula is C23H26ClNO3S. The van der Waals surface area contributed by atoms with Gasteiger partial charge in [0.25, 0.3) is 0 Å². The Kier molecular flexibility index (Phi) is 6.49. The molecule has 1 aromatic carbocycles. The summed E-state index contributed by atoms with van der Waals surface area (Å²) in [5, 5.41) is 4.10. The second-order valence-electron chi connectivity index (χ2n) is 8.38. The molecule has 0 fully saturated rings. The molecule has 1 amide bonds. The number of hydrogen-bond acceptors (Lipinski definition) is 4. The second-order valence-corrected chi connectivity index (χ2v) is 9.92. The fraction of sp³-hybridized carbons (Fsp3) is 0.391. The number of carbonyl (C=O) groups is 2. The zero-order valence-electron chi connectivity index (χ0n) is 17.2. The molecule has 1 N–H and O–H groups in total. The van der Waals surface area contributed by atoms with E-state index in [1.807, 2.05) is 12.1 Å². The Morgan fingerprint density at radius 1 is 1.24 bits per heavy atom. The highest BCUT2D eigenvalue weighted by atomic mass is 35.5. The summed E-state index contributed by atoms with van der Waals surface area (Å²) in [7, 11) is 1.37. The predicted octanol–water partition coefficient (Wildman–Crippen LogP) is 5.99. The number of ether oxygens (including phenoxy) is 1. The van der Waals surface area contributed by atoms with E-state index >= 15 is 0 Å². The summed E-state index contributed by atoms with van der Waals surface area (Å²) in [6.07, 6.45) is 5.95. The van der Waals surface area contributed by atoms with Gasteiger partial charge in [0, 0.05) is 16.0 Å². The molecule has 1 aliphatic rings. The summed E-state index contributed by atoms with van der Waals surface area (Å²) < 4.78 is 5.00. The fourth-order valence-electron chi connectivity index (χ4n) is 3.63. The topological polar surface area (TPSA) is 55.4 Å². The number of halogens is 1. The maximum Gasteiger partial charge on any atom is 0.341 e. The SMILES string of the molecule is COC(=O)c1c(NC(=O)/C=C/c2ccc(Cl)cc2)sc2c1CC[C@H](C(C)(C)C)C2. The standard InChI is InChI=1S/C23H26ClNO3S/c1-23(2,3)15-8-11-17-18(13-15)29-21(20(17)22(27)28-4)25-19(26)12-7-14-5-9-16(24)10-6-14/h5-7,9-10,12,15H,8,11,13H2,1-4H3,(H,25,26)/b12-7+/t15-/m0/s1. The van der Waals surface area contributed by atoms with Crippen molar-refractivity contribution in [1.82, 2.24) is 0 Å². The third kappa shape index (κ3) is 5.09. The average Bonchev–Trinajstić information content (AvgIpc) is 3.03. The molecule has 1 aromatic heterocycles. The van der Waals surface area contributed by atoms with Crippen molar-refractivity contribution >= 4 is 45.9 Å². The van der Waals surface area contributed by atoms with Gasteiger partial charge in [0.15, 0.2) is 0 Å². The zero-order valence-corrected chi connectivity index (χ0v) is 18.7. The first-order chi connectivity index (χ1) is 13.7. The van der Waals surface area contributed by atoms with Crippen LogP contribution < -0.4 is 5.32 Å². The van der Waals surface area contributed by atoms with Gasteiger partial charge < -0.3 is 10.1 Å². The number of amides is 1. The molecule has 6 heteroatoms. The number of benzene rings is 1. The number of hydrogen-bond donors (Lipinski definition) is 1. The van der Waals surface area contributed by atoms with Gasteiger partial charge >= 0.3 is 5.97 Å². The number of carbonyl (C=O) groups excluding carboxylic acids is 2. The Balaban J connectivity index is 1.83. The lowest BCUT2D eigenvalue weighted by Crippen LogP contribution is -2.26. The maximum atomic E-state index is 12.5. The molecule has 1 atom stereocenters. The summed E-state index contributed by atoms with van der Waals surface area (Å²) in [5.74, 6) is -0.128. The van der Waals surface area contributed by atoms with Crippen molar-refractivity contribution in [3.05, 3.63) is 56.9 Å². The first-order valence-corrected chi connectivity index (χ1v) is 10.9. The first kappa shape index (κ1) is 21.6. The van der Waals surface area contributed by atoms with Crippen molar-refractivity contribution < 1.29 is 14.3 Å². The average molecular weight is 432 g/mol. The van der Waals surface area contributed by atoms with Gasteiger partial charge in [-0.25, -0.2) is 4.79 Å². The van der Waals surface area contributed by atoms with E-state index in [-0.39, 0.29) is 11.3 Å². The van der Waals surface area contributed by atoms with Crippen LogP contribution in [0.15, 0.2) is 30.3 Å². The zero-order chi connectivity index (χ0) is 21.2. The van der Waals surface area contributed by atoms with Crippen LogP contribution in [0.1, 0.15) is 53.6 Å². The molecule has 0 saturated carbocycles. The molecular weight excluding hydrogens is 406 g/mol. The van der Waals surface area contributed by atoms with Crippen LogP contribution in [0, 0.1) is 11.3 Å². The third-order valence-electron chi connectivity index (χ3n) is 5.41. The Bertz CT molecular complexity index is 938. The van der Waals surface area contributed by atoms with E-state index in [1.165, 1.54) is 29.4 Å². The minimum atomic E-state index is -0.395. The molecule has 3 rings (SSSR count). The van der Waals surface area contributed by atoms with Gasteiger partial charge in [0.05, 0.1) is 12.7 Å². The highest BCUT2D eigenvalue weighted by molar-refractivity contribution is 7.17. The highest BCUT2D eigenvalue weighted by Crippen LogP contribution is 2.44. The van der Waals surface area contributed by atoms with Crippen LogP contribution in [0.25, 0.3) is 6.08 Å². The normalized spacial score (nSPS) is 16.5. The van der Waals surface area contributed by atoms with E-state index in [4.69, 9.17) is 16.3 Å². The lowest BCUT2D eigenvalue weighted by molar-refractivity contribution is -0.111. The van der Waals surface area contributed by atoms with E-state index in [1.54, 1.807) is 18.2 Å².